The molecule has 1 aliphatic rings. The Bertz CT molecular complexity index is 1010. The van der Waals surface area contributed by atoms with Crippen molar-refractivity contribution in [2.45, 2.75) is 26.8 Å². The molecule has 0 bridgehead atoms. The van der Waals surface area contributed by atoms with Gasteiger partial charge in [-0.15, -0.1) is 0 Å². The molecule has 1 atom stereocenters. The molecule has 6 heteroatoms. The van der Waals surface area contributed by atoms with Crippen molar-refractivity contribution in [1.82, 2.24) is 9.80 Å². The first-order valence-corrected chi connectivity index (χ1v) is 10.9. The standard InChI is InChI=1S/C26H32N2O4/c1-17(2)16-32-20-12-10-19(11-13-20)24(29)22-23(21-9-7-6-8-18(21)3)28(15-14-27(4)5)26(31)25(22)30/h6-13,17,23,29H,14-16H2,1-5H3/b24-22-. The molecule has 170 valence electrons. The van der Waals surface area contributed by atoms with Crippen LogP contribution in [0.5, 0.6) is 5.75 Å². The van der Waals surface area contributed by atoms with Crippen LogP contribution in [0.3, 0.4) is 0 Å². The molecule has 6 nitrogen and oxygen atoms in total. The zero-order valence-corrected chi connectivity index (χ0v) is 19.5. The van der Waals surface area contributed by atoms with E-state index < -0.39 is 17.7 Å². The lowest BCUT2D eigenvalue weighted by Crippen LogP contribution is -2.35. The quantitative estimate of drug-likeness (QED) is 0.385. The van der Waals surface area contributed by atoms with Crippen LogP contribution >= 0.6 is 0 Å². The van der Waals surface area contributed by atoms with Crippen molar-refractivity contribution in [3.8, 4) is 5.75 Å². The van der Waals surface area contributed by atoms with Crippen LogP contribution < -0.4 is 4.74 Å². The molecular formula is C26H32N2O4. The number of amides is 1. The lowest BCUT2D eigenvalue weighted by molar-refractivity contribution is -0.140. The van der Waals surface area contributed by atoms with Crippen LogP contribution in [-0.2, 0) is 9.59 Å². The predicted octanol–water partition coefficient (Wildman–Crippen LogP) is 4.01. The highest BCUT2D eigenvalue weighted by molar-refractivity contribution is 6.46. The molecule has 1 fully saturated rings. The largest absolute Gasteiger partial charge is 0.507 e. The summed E-state index contributed by atoms with van der Waals surface area (Å²) in [7, 11) is 3.84. The first kappa shape index (κ1) is 23.5. The molecule has 2 aromatic rings. The van der Waals surface area contributed by atoms with Crippen molar-refractivity contribution in [2.75, 3.05) is 33.8 Å². The Kier molecular flexibility index (Phi) is 7.36. The first-order valence-electron chi connectivity index (χ1n) is 10.9. The van der Waals surface area contributed by atoms with Crippen molar-refractivity contribution in [3.05, 3.63) is 70.8 Å². The number of hydrogen-bond acceptors (Lipinski definition) is 5. The molecule has 1 unspecified atom stereocenters. The van der Waals surface area contributed by atoms with Crippen LogP contribution in [-0.4, -0.2) is 60.4 Å². The first-order chi connectivity index (χ1) is 15.2. The Morgan fingerprint density at radius 3 is 2.34 bits per heavy atom. The Morgan fingerprint density at radius 2 is 1.75 bits per heavy atom. The summed E-state index contributed by atoms with van der Waals surface area (Å²) in [5.74, 6) is -0.319. The summed E-state index contributed by atoms with van der Waals surface area (Å²) in [6, 6.07) is 14.0. The normalized spacial score (nSPS) is 18.1. The van der Waals surface area contributed by atoms with Crippen LogP contribution in [0.4, 0.5) is 0 Å². The van der Waals surface area contributed by atoms with E-state index in [1.165, 1.54) is 0 Å². The van der Waals surface area contributed by atoms with E-state index in [2.05, 4.69) is 13.8 Å². The van der Waals surface area contributed by atoms with Crippen molar-refractivity contribution >= 4 is 17.4 Å². The van der Waals surface area contributed by atoms with Crippen molar-refractivity contribution < 1.29 is 19.4 Å². The van der Waals surface area contributed by atoms with E-state index in [9.17, 15) is 14.7 Å². The molecule has 1 aliphatic heterocycles. The number of carbonyl (C=O) groups is 2. The highest BCUT2D eigenvalue weighted by atomic mass is 16.5. The summed E-state index contributed by atoms with van der Waals surface area (Å²) in [6.45, 7) is 7.67. The summed E-state index contributed by atoms with van der Waals surface area (Å²) >= 11 is 0. The second kappa shape index (κ2) is 10.0. The second-order valence-electron chi connectivity index (χ2n) is 8.88. The Balaban J connectivity index is 2.04. The number of likely N-dealkylation sites (tertiary alicyclic amines) is 1. The van der Waals surface area contributed by atoms with Gasteiger partial charge in [0.2, 0.25) is 0 Å². The molecule has 0 aromatic heterocycles. The fourth-order valence-corrected chi connectivity index (χ4v) is 3.76. The predicted molar refractivity (Wildman–Crippen MR) is 126 cm³/mol. The van der Waals surface area contributed by atoms with Gasteiger partial charge in [0.25, 0.3) is 11.7 Å². The zero-order valence-electron chi connectivity index (χ0n) is 19.5. The van der Waals surface area contributed by atoms with E-state index in [0.29, 0.717) is 36.9 Å². The SMILES string of the molecule is Cc1ccccc1C1/C(=C(/O)c2ccc(OCC(C)C)cc2)C(=O)C(=O)N1CCN(C)C. The Morgan fingerprint density at radius 1 is 1.09 bits per heavy atom. The van der Waals surface area contributed by atoms with Gasteiger partial charge in [-0.05, 0) is 62.3 Å². The van der Waals surface area contributed by atoms with Crippen LogP contribution in [0, 0.1) is 12.8 Å². The van der Waals surface area contributed by atoms with Gasteiger partial charge >= 0.3 is 0 Å². The minimum absolute atomic E-state index is 0.124. The average molecular weight is 437 g/mol. The monoisotopic (exact) mass is 436 g/mol. The fraction of sp³-hybridized carbons (Fsp3) is 0.385. The topological polar surface area (TPSA) is 70.1 Å². The number of aliphatic hydroxyl groups excluding tert-OH is 1. The molecule has 1 amide bonds. The van der Waals surface area contributed by atoms with Crippen LogP contribution in [0.2, 0.25) is 0 Å². The number of aryl methyl sites for hydroxylation is 1. The molecule has 1 heterocycles. The van der Waals surface area contributed by atoms with Gasteiger partial charge in [0.05, 0.1) is 18.2 Å². The van der Waals surface area contributed by atoms with Gasteiger partial charge < -0.3 is 19.6 Å². The number of aliphatic hydroxyl groups is 1. The second-order valence-corrected chi connectivity index (χ2v) is 8.88. The average Bonchev–Trinajstić information content (AvgIpc) is 3.01. The van der Waals surface area contributed by atoms with E-state index in [4.69, 9.17) is 4.74 Å². The molecule has 1 saturated heterocycles. The van der Waals surface area contributed by atoms with Gasteiger partial charge in [0.1, 0.15) is 11.5 Å². The molecule has 0 aliphatic carbocycles. The highest BCUT2D eigenvalue weighted by Gasteiger charge is 2.46. The number of ether oxygens (including phenoxy) is 1. The maximum Gasteiger partial charge on any atom is 0.295 e. The summed E-state index contributed by atoms with van der Waals surface area (Å²) in [5.41, 5.74) is 2.39. The number of nitrogens with zero attached hydrogens (tertiary/aromatic N) is 2. The summed E-state index contributed by atoms with van der Waals surface area (Å²) < 4.78 is 5.71. The fourth-order valence-electron chi connectivity index (χ4n) is 3.76. The summed E-state index contributed by atoms with van der Waals surface area (Å²) in [6.07, 6.45) is 0. The van der Waals surface area contributed by atoms with Gasteiger partial charge in [-0.2, -0.15) is 0 Å². The number of hydrogen-bond donors (Lipinski definition) is 1. The minimum atomic E-state index is -0.658. The number of benzene rings is 2. The van der Waals surface area contributed by atoms with E-state index in [1.54, 1.807) is 29.2 Å². The Hall–Kier alpha value is -3.12. The smallest absolute Gasteiger partial charge is 0.295 e. The van der Waals surface area contributed by atoms with E-state index in [-0.39, 0.29) is 11.3 Å². The summed E-state index contributed by atoms with van der Waals surface area (Å²) in [5, 5.41) is 11.2. The van der Waals surface area contributed by atoms with Crippen LogP contribution in [0.1, 0.15) is 36.6 Å². The number of likely N-dealkylation sites (N-methyl/N-ethyl adjacent to an activating group) is 1. The molecule has 3 rings (SSSR count). The third-order valence-corrected chi connectivity index (χ3v) is 5.52. The van der Waals surface area contributed by atoms with Crippen molar-refractivity contribution in [3.63, 3.8) is 0 Å². The third-order valence-electron chi connectivity index (χ3n) is 5.52. The highest BCUT2D eigenvalue weighted by Crippen LogP contribution is 2.40. The van der Waals surface area contributed by atoms with Gasteiger partial charge in [-0.3, -0.25) is 9.59 Å². The summed E-state index contributed by atoms with van der Waals surface area (Å²) in [4.78, 5) is 29.6. The minimum Gasteiger partial charge on any atom is -0.507 e. The van der Waals surface area contributed by atoms with E-state index in [0.717, 1.165) is 11.1 Å². The lowest BCUT2D eigenvalue weighted by atomic mass is 9.92. The van der Waals surface area contributed by atoms with Crippen LogP contribution in [0.15, 0.2) is 54.1 Å². The zero-order chi connectivity index (χ0) is 23.4. The molecule has 32 heavy (non-hydrogen) atoms. The van der Waals surface area contributed by atoms with Crippen molar-refractivity contribution in [1.29, 1.82) is 0 Å². The lowest BCUT2D eigenvalue weighted by Gasteiger charge is -2.27. The Labute approximate surface area is 190 Å². The molecule has 2 aromatic carbocycles. The number of Topliss-reactive ketones (excluding diaryl/α,β-unsaturated/α-hetero) is 1. The van der Waals surface area contributed by atoms with Gasteiger partial charge in [-0.1, -0.05) is 38.1 Å². The number of ketones is 1. The van der Waals surface area contributed by atoms with Gasteiger partial charge in [-0.25, -0.2) is 0 Å². The van der Waals surface area contributed by atoms with Crippen LogP contribution in [0.25, 0.3) is 5.76 Å². The molecule has 1 N–H and O–H groups in total. The number of carbonyl (C=O) groups excluding carboxylic acids is 2. The third kappa shape index (κ3) is 5.02. The van der Waals surface area contributed by atoms with E-state index >= 15 is 0 Å². The van der Waals surface area contributed by atoms with E-state index in [1.807, 2.05) is 50.2 Å². The molecule has 0 spiro atoms. The van der Waals surface area contributed by atoms with Gasteiger partial charge in [0.15, 0.2) is 0 Å². The number of rotatable bonds is 8. The molecular weight excluding hydrogens is 404 g/mol. The maximum absolute atomic E-state index is 13.1. The molecule has 0 saturated carbocycles. The van der Waals surface area contributed by atoms with Crippen molar-refractivity contribution in [2.24, 2.45) is 5.92 Å². The van der Waals surface area contributed by atoms with Gasteiger partial charge in [0, 0.05) is 18.7 Å². The maximum atomic E-state index is 13.1. The molecule has 0 radical (unpaired) electrons.